The van der Waals surface area contributed by atoms with Gasteiger partial charge < -0.3 is 16.0 Å². The van der Waals surface area contributed by atoms with E-state index in [9.17, 15) is 0 Å². The molecule has 1 aromatic rings. The molecule has 1 heterocycles. The van der Waals surface area contributed by atoms with E-state index in [4.69, 9.17) is 5.73 Å². The number of hydrogen-bond acceptors (Lipinski definition) is 3. The molecule has 1 aliphatic heterocycles. The first-order valence-corrected chi connectivity index (χ1v) is 7.53. The molecule has 0 aliphatic carbocycles. The summed E-state index contributed by atoms with van der Waals surface area (Å²) in [6, 6.07) is 7.16. The summed E-state index contributed by atoms with van der Waals surface area (Å²) < 4.78 is 0. The van der Waals surface area contributed by atoms with Crippen LogP contribution < -0.4 is 16.0 Å². The van der Waals surface area contributed by atoms with Gasteiger partial charge in [0.1, 0.15) is 0 Å². The number of nitrogens with one attached hydrogen (secondary N) is 1. The second-order valence-electron chi connectivity index (χ2n) is 5.80. The monoisotopic (exact) mass is 261 g/mol. The molecule has 3 N–H and O–H groups in total. The smallest absolute Gasteiger partial charge is 0.0600 e. The maximum Gasteiger partial charge on any atom is 0.0600 e. The highest BCUT2D eigenvalue weighted by atomic mass is 15.1. The first kappa shape index (κ1) is 14.2. The van der Waals surface area contributed by atoms with Crippen LogP contribution in [0.15, 0.2) is 18.2 Å². The molecule has 1 aromatic carbocycles. The van der Waals surface area contributed by atoms with Gasteiger partial charge in [-0.1, -0.05) is 19.9 Å². The lowest BCUT2D eigenvalue weighted by Gasteiger charge is -2.20. The van der Waals surface area contributed by atoms with Crippen LogP contribution in [0.2, 0.25) is 0 Å². The van der Waals surface area contributed by atoms with Crippen molar-refractivity contribution in [3.8, 4) is 0 Å². The van der Waals surface area contributed by atoms with Crippen molar-refractivity contribution in [3.63, 3.8) is 0 Å². The lowest BCUT2D eigenvalue weighted by molar-refractivity contribution is 0.570. The Hall–Kier alpha value is -1.22. The van der Waals surface area contributed by atoms with Gasteiger partial charge in [0, 0.05) is 19.1 Å². The average molecular weight is 261 g/mol. The Morgan fingerprint density at radius 2 is 2.00 bits per heavy atom. The molecular formula is C16H27N3. The van der Waals surface area contributed by atoms with Crippen molar-refractivity contribution in [2.45, 2.75) is 45.6 Å². The number of anilines is 2. The number of hydrogen-bond donors (Lipinski definition) is 2. The van der Waals surface area contributed by atoms with Crippen molar-refractivity contribution >= 4 is 11.4 Å². The molecule has 3 nitrogen and oxygen atoms in total. The van der Waals surface area contributed by atoms with Gasteiger partial charge in [0.15, 0.2) is 0 Å². The molecule has 0 unspecified atom stereocenters. The molecule has 0 amide bonds. The average Bonchev–Trinajstić information content (AvgIpc) is 2.88. The zero-order valence-electron chi connectivity index (χ0n) is 12.3. The third-order valence-corrected chi connectivity index (χ3v) is 3.73. The number of nitrogens with two attached hydrogens (primary N) is 1. The fourth-order valence-corrected chi connectivity index (χ4v) is 2.69. The fraction of sp³-hybridized carbons (Fsp3) is 0.625. The predicted octanol–water partition coefficient (Wildman–Crippen LogP) is 2.80. The summed E-state index contributed by atoms with van der Waals surface area (Å²) in [5.41, 5.74) is 9.71. The van der Waals surface area contributed by atoms with Crippen LogP contribution in [0.4, 0.5) is 11.4 Å². The van der Waals surface area contributed by atoms with Crippen molar-refractivity contribution in [2.75, 3.05) is 30.3 Å². The highest BCUT2D eigenvalue weighted by Crippen LogP contribution is 2.27. The summed E-state index contributed by atoms with van der Waals surface area (Å²) in [6.07, 6.45) is 4.86. The summed E-state index contributed by atoms with van der Waals surface area (Å²) >= 11 is 0. The Morgan fingerprint density at radius 1 is 1.26 bits per heavy atom. The summed E-state index contributed by atoms with van der Waals surface area (Å²) in [7, 11) is 0. The molecule has 3 heteroatoms. The predicted molar refractivity (Wildman–Crippen MR) is 83.8 cm³/mol. The second kappa shape index (κ2) is 6.80. The number of aryl methyl sites for hydroxylation is 1. The van der Waals surface area contributed by atoms with Crippen LogP contribution in [-0.4, -0.2) is 25.7 Å². The zero-order chi connectivity index (χ0) is 13.7. The summed E-state index contributed by atoms with van der Waals surface area (Å²) in [6.45, 7) is 7.75. The molecule has 0 saturated carbocycles. The molecule has 1 saturated heterocycles. The Morgan fingerprint density at radius 3 is 2.63 bits per heavy atom. The third-order valence-electron chi connectivity index (χ3n) is 3.73. The number of nitrogen functional groups attached to an aromatic ring is 1. The molecule has 19 heavy (non-hydrogen) atoms. The van der Waals surface area contributed by atoms with Crippen LogP contribution in [0.5, 0.6) is 0 Å². The SMILES string of the molecule is CC(C)NCCCc1ccc(N2CCCC2)c(N)c1. The molecule has 0 atom stereocenters. The molecule has 0 radical (unpaired) electrons. The van der Waals surface area contributed by atoms with Crippen LogP contribution in [0.1, 0.15) is 38.7 Å². The largest absolute Gasteiger partial charge is 0.397 e. The van der Waals surface area contributed by atoms with Crippen LogP contribution in [0.25, 0.3) is 0 Å². The molecule has 1 aliphatic rings. The van der Waals surface area contributed by atoms with Gasteiger partial charge in [-0.3, -0.25) is 0 Å². The van der Waals surface area contributed by atoms with Crippen LogP contribution in [0, 0.1) is 0 Å². The molecule has 106 valence electrons. The minimum atomic E-state index is 0.572. The van der Waals surface area contributed by atoms with E-state index < -0.39 is 0 Å². The van der Waals surface area contributed by atoms with Gasteiger partial charge in [0.25, 0.3) is 0 Å². The maximum absolute atomic E-state index is 6.20. The molecule has 1 fully saturated rings. The molecule has 2 rings (SSSR count). The van der Waals surface area contributed by atoms with Crippen LogP contribution in [-0.2, 0) is 6.42 Å². The Balaban J connectivity index is 1.87. The van der Waals surface area contributed by atoms with E-state index in [-0.39, 0.29) is 0 Å². The van der Waals surface area contributed by atoms with Gasteiger partial charge in [-0.2, -0.15) is 0 Å². The topological polar surface area (TPSA) is 41.3 Å². The molecule has 0 spiro atoms. The Kier molecular flexibility index (Phi) is 5.08. The summed E-state index contributed by atoms with van der Waals surface area (Å²) in [4.78, 5) is 2.40. The Labute approximate surface area is 117 Å². The van der Waals surface area contributed by atoms with E-state index in [1.54, 1.807) is 0 Å². The van der Waals surface area contributed by atoms with Gasteiger partial charge in [-0.05, 0) is 49.9 Å². The van der Waals surface area contributed by atoms with E-state index in [1.165, 1.54) is 30.5 Å². The maximum atomic E-state index is 6.20. The van der Waals surface area contributed by atoms with Crippen molar-refractivity contribution < 1.29 is 0 Å². The minimum Gasteiger partial charge on any atom is -0.397 e. The highest BCUT2D eigenvalue weighted by Gasteiger charge is 2.14. The van der Waals surface area contributed by atoms with Crippen LogP contribution >= 0.6 is 0 Å². The van der Waals surface area contributed by atoms with E-state index in [0.29, 0.717) is 6.04 Å². The van der Waals surface area contributed by atoms with Crippen molar-refractivity contribution in [1.82, 2.24) is 5.32 Å². The number of nitrogens with zero attached hydrogens (tertiary/aromatic N) is 1. The summed E-state index contributed by atoms with van der Waals surface area (Å²) in [5, 5.41) is 3.45. The summed E-state index contributed by atoms with van der Waals surface area (Å²) in [5.74, 6) is 0. The lowest BCUT2D eigenvalue weighted by atomic mass is 10.1. The highest BCUT2D eigenvalue weighted by molar-refractivity contribution is 5.68. The van der Waals surface area contributed by atoms with Crippen molar-refractivity contribution in [3.05, 3.63) is 23.8 Å². The quantitative estimate of drug-likeness (QED) is 0.611. The number of rotatable bonds is 6. The van der Waals surface area contributed by atoms with Crippen molar-refractivity contribution in [2.24, 2.45) is 0 Å². The van der Waals surface area contributed by atoms with Gasteiger partial charge in [0.05, 0.1) is 11.4 Å². The minimum absolute atomic E-state index is 0.572. The Bertz CT molecular complexity index is 395. The van der Waals surface area contributed by atoms with Gasteiger partial charge in [0.2, 0.25) is 0 Å². The second-order valence-corrected chi connectivity index (χ2v) is 5.80. The first-order valence-electron chi connectivity index (χ1n) is 7.53. The third kappa shape index (κ3) is 4.13. The van der Waals surface area contributed by atoms with Gasteiger partial charge >= 0.3 is 0 Å². The van der Waals surface area contributed by atoms with Crippen LogP contribution in [0.3, 0.4) is 0 Å². The van der Waals surface area contributed by atoms with E-state index in [1.807, 2.05) is 0 Å². The van der Waals surface area contributed by atoms with E-state index in [2.05, 4.69) is 42.3 Å². The van der Waals surface area contributed by atoms with Crippen molar-refractivity contribution in [1.29, 1.82) is 0 Å². The zero-order valence-corrected chi connectivity index (χ0v) is 12.3. The van der Waals surface area contributed by atoms with Gasteiger partial charge in [-0.15, -0.1) is 0 Å². The molecule has 0 bridgehead atoms. The van der Waals surface area contributed by atoms with Gasteiger partial charge in [-0.25, -0.2) is 0 Å². The van der Waals surface area contributed by atoms with E-state index >= 15 is 0 Å². The van der Waals surface area contributed by atoms with E-state index in [0.717, 1.165) is 31.7 Å². The first-order chi connectivity index (χ1) is 9.16. The number of benzene rings is 1. The molecule has 0 aromatic heterocycles. The lowest BCUT2D eigenvalue weighted by Crippen LogP contribution is -2.24. The molecular weight excluding hydrogens is 234 g/mol. The fourth-order valence-electron chi connectivity index (χ4n) is 2.69. The normalized spacial score (nSPS) is 15.4. The standard InChI is InChI=1S/C16H27N3/c1-13(2)18-9-5-6-14-7-8-16(15(17)12-14)19-10-3-4-11-19/h7-8,12-13,18H,3-6,9-11,17H2,1-2H3.